The lowest BCUT2D eigenvalue weighted by Crippen LogP contribution is -2.22. The van der Waals surface area contributed by atoms with Gasteiger partial charge in [-0.1, -0.05) is 13.3 Å². The molecule has 0 saturated heterocycles. The van der Waals surface area contributed by atoms with Crippen LogP contribution in [0.1, 0.15) is 56.1 Å². The van der Waals surface area contributed by atoms with E-state index in [0.29, 0.717) is 43.2 Å². The first-order valence-electron chi connectivity index (χ1n) is 10.4. The van der Waals surface area contributed by atoms with Crippen LogP contribution in [0.2, 0.25) is 0 Å². The Labute approximate surface area is 179 Å². The number of hydrogen-bond donors (Lipinski definition) is 2. The molecular formula is C22H25BF4O4. The van der Waals surface area contributed by atoms with Gasteiger partial charge in [-0.05, 0) is 79.3 Å². The first kappa shape index (κ1) is 23.4. The van der Waals surface area contributed by atoms with Gasteiger partial charge in [0, 0.05) is 0 Å². The zero-order valence-electron chi connectivity index (χ0n) is 17.2. The van der Waals surface area contributed by atoms with Crippen molar-refractivity contribution in [2.24, 2.45) is 5.92 Å². The van der Waals surface area contributed by atoms with Crippen LogP contribution in [0.15, 0.2) is 24.3 Å². The quantitative estimate of drug-likeness (QED) is 0.453. The summed E-state index contributed by atoms with van der Waals surface area (Å²) in [6.45, 7) is 2.10. The van der Waals surface area contributed by atoms with E-state index in [4.69, 9.17) is 14.8 Å². The Kier molecular flexibility index (Phi) is 7.83. The molecule has 0 radical (unpaired) electrons. The smallest absolute Gasteiger partial charge is 0.508 e. The summed E-state index contributed by atoms with van der Waals surface area (Å²) < 4.78 is 66.3. The number of aryl methyl sites for hydroxylation is 1. The molecule has 0 heterocycles. The summed E-state index contributed by atoms with van der Waals surface area (Å²) >= 11 is 0. The van der Waals surface area contributed by atoms with Crippen molar-refractivity contribution in [2.75, 3.05) is 6.61 Å². The summed E-state index contributed by atoms with van der Waals surface area (Å²) in [4.78, 5) is 0. The number of ether oxygens (including phenoxy) is 1. The average Bonchev–Trinajstić information content (AvgIpc) is 2.70. The normalized spacial score (nSPS) is 18.7. The summed E-state index contributed by atoms with van der Waals surface area (Å²) in [6, 6.07) is 4.85. The number of hydrogen-bond acceptors (Lipinski definition) is 4. The van der Waals surface area contributed by atoms with Crippen LogP contribution in [0, 0.1) is 29.2 Å². The van der Waals surface area contributed by atoms with Gasteiger partial charge in [-0.15, -0.1) is 0 Å². The van der Waals surface area contributed by atoms with Crippen molar-refractivity contribution < 1.29 is 37.0 Å². The summed E-state index contributed by atoms with van der Waals surface area (Å²) in [5.41, 5.74) is 1.05. The first-order chi connectivity index (χ1) is 14.8. The van der Waals surface area contributed by atoms with Crippen molar-refractivity contribution in [3.63, 3.8) is 0 Å². The minimum Gasteiger partial charge on any atom is -0.508 e. The number of halogens is 4. The van der Waals surface area contributed by atoms with Crippen LogP contribution >= 0.6 is 0 Å². The third kappa shape index (κ3) is 5.92. The summed E-state index contributed by atoms with van der Waals surface area (Å²) in [6.07, 6.45) is 4.01. The molecule has 2 N–H and O–H groups in total. The zero-order valence-corrected chi connectivity index (χ0v) is 17.2. The van der Waals surface area contributed by atoms with Crippen LogP contribution in [0.3, 0.4) is 0 Å². The molecule has 0 unspecified atom stereocenters. The first-order valence-corrected chi connectivity index (χ1v) is 10.4. The lowest BCUT2D eigenvalue weighted by atomic mass is 9.79. The molecule has 3 rings (SSSR count). The van der Waals surface area contributed by atoms with Gasteiger partial charge in [0.1, 0.15) is 0 Å². The largest absolute Gasteiger partial charge is 0.707 e. The zero-order chi connectivity index (χ0) is 22.5. The highest BCUT2D eigenvalue weighted by molar-refractivity contribution is 6.33. The molecule has 0 atom stereocenters. The van der Waals surface area contributed by atoms with Gasteiger partial charge in [-0.3, -0.25) is 0 Å². The molecule has 0 aliphatic heterocycles. The lowest BCUT2D eigenvalue weighted by molar-refractivity contribution is 0.187. The summed E-state index contributed by atoms with van der Waals surface area (Å²) in [5.74, 6) is -4.65. The van der Waals surface area contributed by atoms with E-state index in [1.54, 1.807) is 0 Å². The molecule has 0 spiro atoms. The van der Waals surface area contributed by atoms with Crippen molar-refractivity contribution in [1.29, 1.82) is 0 Å². The van der Waals surface area contributed by atoms with Crippen LogP contribution in [0.4, 0.5) is 17.6 Å². The van der Waals surface area contributed by atoms with Crippen LogP contribution in [0.5, 0.6) is 11.5 Å². The van der Waals surface area contributed by atoms with E-state index < -0.39 is 36.3 Å². The summed E-state index contributed by atoms with van der Waals surface area (Å²) in [5, 5.41) is 17.5. The van der Waals surface area contributed by atoms with E-state index in [2.05, 4.69) is 4.65 Å². The van der Waals surface area contributed by atoms with Crippen molar-refractivity contribution >= 4 is 7.32 Å². The second-order valence-electron chi connectivity index (χ2n) is 7.93. The highest BCUT2D eigenvalue weighted by Crippen LogP contribution is 2.38. The van der Waals surface area contributed by atoms with E-state index in [0.717, 1.165) is 18.6 Å². The Balaban J connectivity index is 1.57. The van der Waals surface area contributed by atoms with Gasteiger partial charge in [0.15, 0.2) is 34.8 Å². The molecule has 4 nitrogen and oxygen atoms in total. The second kappa shape index (κ2) is 10.4. The minimum atomic E-state index is -2.32. The SMILES string of the molecule is CCCc1cc(F)c(OCC2CCC(c3cc(F)c(OB(O)O)c(F)c3)CC2)c(F)c1. The third-order valence-corrected chi connectivity index (χ3v) is 5.62. The van der Waals surface area contributed by atoms with E-state index in [1.165, 1.54) is 12.1 Å². The van der Waals surface area contributed by atoms with Crippen LogP contribution in [-0.4, -0.2) is 24.0 Å². The predicted octanol–water partition coefficient (Wildman–Crippen LogP) is 4.90. The van der Waals surface area contributed by atoms with Gasteiger partial charge in [-0.25, -0.2) is 17.6 Å². The van der Waals surface area contributed by atoms with E-state index in [1.807, 2.05) is 6.92 Å². The van der Waals surface area contributed by atoms with Gasteiger partial charge in [-0.2, -0.15) is 0 Å². The Morgan fingerprint density at radius 3 is 1.94 bits per heavy atom. The molecule has 31 heavy (non-hydrogen) atoms. The topological polar surface area (TPSA) is 58.9 Å². The fraction of sp³-hybridized carbons (Fsp3) is 0.455. The standard InChI is InChI=1S/C22H25BF4O4/c1-2-3-14-8-17(24)21(18(25)9-14)30-12-13-4-6-15(7-5-13)16-10-19(26)22(20(27)11-16)31-23(28)29/h8-11,13,15,28-29H,2-7,12H2,1H3. The molecule has 2 aromatic rings. The second-order valence-corrected chi connectivity index (χ2v) is 7.93. The van der Waals surface area contributed by atoms with Crippen molar-refractivity contribution in [3.05, 3.63) is 58.7 Å². The molecule has 0 amide bonds. The molecule has 168 valence electrons. The Morgan fingerprint density at radius 2 is 1.42 bits per heavy atom. The van der Waals surface area contributed by atoms with Crippen LogP contribution < -0.4 is 9.39 Å². The molecule has 1 aliphatic carbocycles. The average molecular weight is 440 g/mol. The fourth-order valence-electron chi connectivity index (χ4n) is 4.08. The van der Waals surface area contributed by atoms with E-state index in [-0.39, 0.29) is 24.2 Å². The van der Waals surface area contributed by atoms with Crippen molar-refractivity contribution in [1.82, 2.24) is 0 Å². The fourth-order valence-corrected chi connectivity index (χ4v) is 4.08. The highest BCUT2D eigenvalue weighted by atomic mass is 19.1. The molecule has 1 aliphatic rings. The number of rotatable bonds is 8. The molecule has 0 bridgehead atoms. The van der Waals surface area contributed by atoms with Crippen LogP contribution in [0.25, 0.3) is 0 Å². The van der Waals surface area contributed by atoms with Gasteiger partial charge >= 0.3 is 7.32 Å². The molecule has 2 aromatic carbocycles. The maximum Gasteiger partial charge on any atom is 0.707 e. The van der Waals surface area contributed by atoms with Gasteiger partial charge in [0.25, 0.3) is 0 Å². The van der Waals surface area contributed by atoms with Gasteiger partial charge in [0.05, 0.1) is 6.61 Å². The van der Waals surface area contributed by atoms with Crippen molar-refractivity contribution in [2.45, 2.75) is 51.4 Å². The lowest BCUT2D eigenvalue weighted by Gasteiger charge is -2.29. The van der Waals surface area contributed by atoms with Gasteiger partial charge in [0.2, 0.25) is 0 Å². The molecule has 0 aromatic heterocycles. The molecule has 1 saturated carbocycles. The molecule has 1 fully saturated rings. The van der Waals surface area contributed by atoms with Gasteiger partial charge < -0.3 is 19.4 Å². The van der Waals surface area contributed by atoms with E-state index in [9.17, 15) is 17.6 Å². The van der Waals surface area contributed by atoms with E-state index >= 15 is 0 Å². The summed E-state index contributed by atoms with van der Waals surface area (Å²) in [7, 11) is -2.32. The Bertz CT molecular complexity index is 855. The monoisotopic (exact) mass is 440 g/mol. The maximum atomic E-state index is 14.2. The molecule has 9 heteroatoms. The Morgan fingerprint density at radius 1 is 0.871 bits per heavy atom. The molecular weight excluding hydrogens is 415 g/mol. The Hall–Kier alpha value is -2.26. The highest BCUT2D eigenvalue weighted by Gasteiger charge is 2.27. The maximum absolute atomic E-state index is 14.2. The minimum absolute atomic E-state index is 0.0761. The number of benzene rings is 2. The van der Waals surface area contributed by atoms with Crippen LogP contribution in [-0.2, 0) is 6.42 Å². The predicted molar refractivity (Wildman–Crippen MR) is 108 cm³/mol. The third-order valence-electron chi connectivity index (χ3n) is 5.62. The van der Waals surface area contributed by atoms with Crippen molar-refractivity contribution in [3.8, 4) is 11.5 Å².